The summed E-state index contributed by atoms with van der Waals surface area (Å²) in [5.74, 6) is 6.78. The van der Waals surface area contributed by atoms with E-state index in [2.05, 4.69) is 24.1 Å². The number of fused-ring (bicyclic) bond motifs is 1. The van der Waals surface area contributed by atoms with Crippen molar-refractivity contribution in [2.24, 2.45) is 0 Å². The van der Waals surface area contributed by atoms with E-state index in [1.165, 1.54) is 0 Å². The topological polar surface area (TPSA) is 25.2 Å². The standard InChI is InChI=1S/C14H15NO/c1-3-15-9-5-8-13-10-12-7-4-6-11(2)14(12)16-13/h4,6-7,10,15H,3,9H2,1-2H3. The quantitative estimate of drug-likeness (QED) is 0.613. The summed E-state index contributed by atoms with van der Waals surface area (Å²) in [6, 6.07) is 8.10. The van der Waals surface area contributed by atoms with Gasteiger partial charge in [0.1, 0.15) is 5.58 Å². The molecule has 1 aromatic heterocycles. The van der Waals surface area contributed by atoms with Gasteiger partial charge in [-0.15, -0.1) is 0 Å². The third-order valence-electron chi connectivity index (χ3n) is 2.42. The predicted octanol–water partition coefficient (Wildman–Crippen LogP) is 2.70. The van der Waals surface area contributed by atoms with Crippen molar-refractivity contribution in [2.45, 2.75) is 13.8 Å². The SMILES string of the molecule is CCNCC#Cc1cc2cccc(C)c2o1. The molecular formula is C14H15NO. The second kappa shape index (κ2) is 4.87. The highest BCUT2D eigenvalue weighted by Gasteiger charge is 2.02. The number of rotatable bonds is 2. The van der Waals surface area contributed by atoms with E-state index in [0.29, 0.717) is 6.54 Å². The molecule has 1 aromatic carbocycles. The van der Waals surface area contributed by atoms with Crippen LogP contribution in [0.5, 0.6) is 0 Å². The first-order valence-corrected chi connectivity index (χ1v) is 5.50. The molecule has 0 aliphatic rings. The van der Waals surface area contributed by atoms with Crippen LogP contribution in [0.25, 0.3) is 11.0 Å². The first-order chi connectivity index (χ1) is 7.81. The molecule has 1 N–H and O–H groups in total. The monoisotopic (exact) mass is 213 g/mol. The number of aryl methyl sites for hydroxylation is 1. The Balaban J connectivity index is 2.25. The summed E-state index contributed by atoms with van der Waals surface area (Å²) in [6.45, 7) is 5.74. The zero-order valence-electron chi connectivity index (χ0n) is 9.63. The fourth-order valence-electron chi connectivity index (χ4n) is 1.59. The second-order valence-corrected chi connectivity index (χ2v) is 3.69. The lowest BCUT2D eigenvalue weighted by atomic mass is 10.2. The van der Waals surface area contributed by atoms with Gasteiger partial charge in [0.05, 0.1) is 6.54 Å². The highest BCUT2D eigenvalue weighted by molar-refractivity contribution is 5.81. The van der Waals surface area contributed by atoms with Gasteiger partial charge < -0.3 is 9.73 Å². The lowest BCUT2D eigenvalue weighted by Crippen LogP contribution is -2.11. The average molecular weight is 213 g/mol. The molecule has 0 atom stereocenters. The van der Waals surface area contributed by atoms with Gasteiger partial charge in [0.25, 0.3) is 0 Å². The molecule has 2 nitrogen and oxygen atoms in total. The van der Waals surface area contributed by atoms with Crippen molar-refractivity contribution in [3.63, 3.8) is 0 Å². The minimum Gasteiger partial charge on any atom is -0.447 e. The molecule has 0 radical (unpaired) electrons. The van der Waals surface area contributed by atoms with E-state index in [1.807, 2.05) is 31.2 Å². The molecule has 0 bridgehead atoms. The Morgan fingerprint density at radius 2 is 2.25 bits per heavy atom. The van der Waals surface area contributed by atoms with Crippen LogP contribution in [0, 0.1) is 18.8 Å². The van der Waals surface area contributed by atoms with E-state index in [9.17, 15) is 0 Å². The fraction of sp³-hybridized carbons (Fsp3) is 0.286. The molecule has 0 fully saturated rings. The third kappa shape index (κ3) is 2.26. The van der Waals surface area contributed by atoms with Gasteiger partial charge in [-0.3, -0.25) is 0 Å². The van der Waals surface area contributed by atoms with Crippen molar-refractivity contribution < 1.29 is 4.42 Å². The van der Waals surface area contributed by atoms with Crippen molar-refractivity contribution in [2.75, 3.05) is 13.1 Å². The zero-order chi connectivity index (χ0) is 11.4. The Morgan fingerprint density at radius 3 is 3.00 bits per heavy atom. The van der Waals surface area contributed by atoms with Crippen LogP contribution in [0.3, 0.4) is 0 Å². The average Bonchev–Trinajstić information content (AvgIpc) is 2.69. The Morgan fingerprint density at radius 1 is 1.38 bits per heavy atom. The highest BCUT2D eigenvalue weighted by atomic mass is 16.3. The number of nitrogens with one attached hydrogen (secondary N) is 1. The predicted molar refractivity (Wildman–Crippen MR) is 66.4 cm³/mol. The molecule has 0 aliphatic heterocycles. The summed E-state index contributed by atoms with van der Waals surface area (Å²) in [5, 5.41) is 4.27. The molecule has 1 heterocycles. The molecule has 2 rings (SSSR count). The van der Waals surface area contributed by atoms with Crippen LogP contribution in [0.4, 0.5) is 0 Å². The van der Waals surface area contributed by atoms with Crippen LogP contribution in [-0.4, -0.2) is 13.1 Å². The van der Waals surface area contributed by atoms with Crippen LogP contribution in [0.1, 0.15) is 18.2 Å². The van der Waals surface area contributed by atoms with E-state index < -0.39 is 0 Å². The van der Waals surface area contributed by atoms with Gasteiger partial charge in [0, 0.05) is 11.5 Å². The van der Waals surface area contributed by atoms with Crippen molar-refractivity contribution >= 4 is 11.0 Å². The molecule has 16 heavy (non-hydrogen) atoms. The number of hydrogen-bond acceptors (Lipinski definition) is 2. The molecule has 0 aliphatic carbocycles. The molecule has 0 spiro atoms. The molecule has 2 heteroatoms. The van der Waals surface area contributed by atoms with E-state index in [4.69, 9.17) is 4.42 Å². The summed E-state index contributed by atoms with van der Waals surface area (Å²) < 4.78 is 5.68. The summed E-state index contributed by atoms with van der Waals surface area (Å²) in [4.78, 5) is 0. The Bertz CT molecular complexity index is 543. The van der Waals surface area contributed by atoms with Crippen molar-refractivity contribution in [3.8, 4) is 11.8 Å². The van der Waals surface area contributed by atoms with Crippen LogP contribution in [0.2, 0.25) is 0 Å². The van der Waals surface area contributed by atoms with Gasteiger partial charge in [-0.05, 0) is 25.0 Å². The first kappa shape index (κ1) is 10.8. The summed E-state index contributed by atoms with van der Waals surface area (Å²) in [6.07, 6.45) is 0. The maximum absolute atomic E-state index is 5.68. The number of furan rings is 1. The molecule has 2 aromatic rings. The maximum atomic E-state index is 5.68. The van der Waals surface area contributed by atoms with Gasteiger partial charge in [0.15, 0.2) is 5.76 Å². The zero-order valence-corrected chi connectivity index (χ0v) is 9.63. The lowest BCUT2D eigenvalue weighted by Gasteiger charge is -1.91. The van der Waals surface area contributed by atoms with Crippen molar-refractivity contribution in [1.29, 1.82) is 0 Å². The van der Waals surface area contributed by atoms with E-state index in [1.54, 1.807) is 0 Å². The number of benzene rings is 1. The largest absolute Gasteiger partial charge is 0.447 e. The van der Waals surface area contributed by atoms with Crippen LogP contribution in [0.15, 0.2) is 28.7 Å². The minimum absolute atomic E-state index is 0.701. The number of para-hydroxylation sites is 1. The maximum Gasteiger partial charge on any atom is 0.178 e. The molecule has 0 saturated heterocycles. The van der Waals surface area contributed by atoms with E-state index >= 15 is 0 Å². The van der Waals surface area contributed by atoms with Gasteiger partial charge in [-0.2, -0.15) is 0 Å². The lowest BCUT2D eigenvalue weighted by molar-refractivity contribution is 0.598. The Labute approximate surface area is 95.6 Å². The summed E-state index contributed by atoms with van der Waals surface area (Å²) >= 11 is 0. The minimum atomic E-state index is 0.701. The van der Waals surface area contributed by atoms with Crippen molar-refractivity contribution in [3.05, 3.63) is 35.6 Å². The van der Waals surface area contributed by atoms with Crippen molar-refractivity contribution in [1.82, 2.24) is 5.32 Å². The van der Waals surface area contributed by atoms with Gasteiger partial charge in [-0.1, -0.05) is 31.0 Å². The van der Waals surface area contributed by atoms with Gasteiger partial charge >= 0.3 is 0 Å². The first-order valence-electron chi connectivity index (χ1n) is 5.50. The Hall–Kier alpha value is -1.72. The van der Waals surface area contributed by atoms with Crippen LogP contribution in [-0.2, 0) is 0 Å². The van der Waals surface area contributed by atoms with Gasteiger partial charge in [0.2, 0.25) is 0 Å². The van der Waals surface area contributed by atoms with E-state index in [0.717, 1.165) is 28.8 Å². The third-order valence-corrected chi connectivity index (χ3v) is 2.42. The summed E-state index contributed by atoms with van der Waals surface area (Å²) in [5.41, 5.74) is 2.09. The number of hydrogen-bond donors (Lipinski definition) is 1. The smallest absolute Gasteiger partial charge is 0.178 e. The van der Waals surface area contributed by atoms with Crippen LogP contribution >= 0.6 is 0 Å². The summed E-state index contributed by atoms with van der Waals surface area (Å²) in [7, 11) is 0. The van der Waals surface area contributed by atoms with Crippen LogP contribution < -0.4 is 5.32 Å². The molecule has 0 amide bonds. The normalized spacial score (nSPS) is 10.1. The second-order valence-electron chi connectivity index (χ2n) is 3.69. The van der Waals surface area contributed by atoms with Gasteiger partial charge in [-0.25, -0.2) is 0 Å². The fourth-order valence-corrected chi connectivity index (χ4v) is 1.59. The molecule has 0 unspecified atom stereocenters. The molecule has 82 valence electrons. The molecular weight excluding hydrogens is 198 g/mol. The van der Waals surface area contributed by atoms with E-state index in [-0.39, 0.29) is 0 Å². The molecule has 0 saturated carbocycles. The highest BCUT2D eigenvalue weighted by Crippen LogP contribution is 2.21. The Kier molecular flexibility index (Phi) is 3.28.